The minimum Gasteiger partial charge on any atom is -0.508 e. The monoisotopic (exact) mass is 535 g/mol. The molecule has 2 fully saturated rings. The Morgan fingerprint density at radius 2 is 1.62 bits per heavy atom. The summed E-state index contributed by atoms with van der Waals surface area (Å²) in [5.41, 5.74) is 7.78. The maximum Gasteiger partial charge on any atom is 0.325 e. The summed E-state index contributed by atoms with van der Waals surface area (Å²) in [7, 11) is 0. The Labute approximate surface area is 230 Å². The Morgan fingerprint density at radius 1 is 1.00 bits per heavy atom. The number of anilines is 1. The van der Waals surface area contributed by atoms with Crippen LogP contribution in [0, 0.1) is 17.2 Å². The second kappa shape index (κ2) is 12.1. The van der Waals surface area contributed by atoms with Crippen LogP contribution in [0.3, 0.4) is 0 Å². The molecule has 0 bridgehead atoms. The molecule has 2 aromatic carbocycles. The van der Waals surface area contributed by atoms with Crippen molar-refractivity contribution in [1.29, 1.82) is 5.41 Å². The molecule has 0 spiro atoms. The van der Waals surface area contributed by atoms with Crippen molar-refractivity contribution in [3.05, 3.63) is 53.1 Å². The summed E-state index contributed by atoms with van der Waals surface area (Å²) < 4.78 is 0. The number of piperidine rings is 2. The van der Waals surface area contributed by atoms with Crippen molar-refractivity contribution in [2.24, 2.45) is 17.6 Å². The third kappa shape index (κ3) is 6.53. The predicted molar refractivity (Wildman–Crippen MR) is 152 cm³/mol. The maximum atomic E-state index is 12.9. The van der Waals surface area contributed by atoms with Crippen molar-refractivity contribution in [3.63, 3.8) is 0 Å². The van der Waals surface area contributed by atoms with E-state index in [9.17, 15) is 19.8 Å². The summed E-state index contributed by atoms with van der Waals surface area (Å²) in [6.07, 6.45) is 3.93. The van der Waals surface area contributed by atoms with Gasteiger partial charge in [-0.2, -0.15) is 0 Å². The Kier molecular flexibility index (Phi) is 8.80. The molecule has 5 N–H and O–H groups in total. The number of nitrogens with zero attached hydrogens (tertiary/aromatic N) is 3. The first-order valence-electron chi connectivity index (χ1n) is 13.9. The largest absolute Gasteiger partial charge is 0.508 e. The number of urea groups is 1. The number of hydrogen-bond acceptors (Lipinski definition) is 6. The molecular formula is C30H41N5O4. The zero-order chi connectivity index (χ0) is 28.3. The second-order valence-corrected chi connectivity index (χ2v) is 11.3. The van der Waals surface area contributed by atoms with E-state index in [1.54, 1.807) is 12.1 Å². The van der Waals surface area contributed by atoms with Gasteiger partial charge in [0.15, 0.2) is 0 Å². The van der Waals surface area contributed by atoms with Gasteiger partial charge in [0.1, 0.15) is 17.3 Å². The number of likely N-dealkylation sites (tertiary alicyclic amines) is 2. The van der Waals surface area contributed by atoms with Crippen molar-refractivity contribution in [2.75, 3.05) is 31.1 Å². The first-order chi connectivity index (χ1) is 18.5. The lowest BCUT2D eigenvalue weighted by molar-refractivity contribution is -0.138. The Hall–Kier alpha value is -3.59. The van der Waals surface area contributed by atoms with E-state index in [4.69, 9.17) is 11.1 Å². The number of carbonyl (C=O) groups excluding carboxylic acids is 2. The lowest BCUT2D eigenvalue weighted by atomic mass is 9.92. The van der Waals surface area contributed by atoms with Crippen molar-refractivity contribution >= 4 is 23.5 Å². The van der Waals surface area contributed by atoms with Gasteiger partial charge >= 0.3 is 6.03 Å². The fourth-order valence-corrected chi connectivity index (χ4v) is 5.57. The van der Waals surface area contributed by atoms with Gasteiger partial charge in [-0.1, -0.05) is 32.9 Å². The molecule has 0 radical (unpaired) electrons. The third-order valence-electron chi connectivity index (χ3n) is 8.10. The van der Waals surface area contributed by atoms with Crippen molar-refractivity contribution in [3.8, 4) is 11.5 Å². The summed E-state index contributed by atoms with van der Waals surface area (Å²) in [5.74, 6) is 0.449. The number of rotatable bonds is 6. The van der Waals surface area contributed by atoms with Crippen LogP contribution >= 0.6 is 0 Å². The van der Waals surface area contributed by atoms with Crippen LogP contribution in [0.2, 0.25) is 0 Å². The van der Waals surface area contributed by atoms with Crippen LogP contribution in [0.25, 0.3) is 0 Å². The standard InChI is InChI=1S/C30H41N5O4/c1-19(2)24-16-25(27(37)17-26(24)36)28(31)35(30(32)39)23-6-4-21(5-7-23)18-33-12-10-22(11-13-33)29(38)34-14-8-20(3)9-15-34/h4-7,16-17,19-20,22,31,36-37H,8-15,18H2,1-3H3,(H2,32,39). The van der Waals surface area contributed by atoms with E-state index in [1.165, 1.54) is 12.1 Å². The summed E-state index contributed by atoms with van der Waals surface area (Å²) in [6, 6.07) is 9.14. The van der Waals surface area contributed by atoms with Gasteiger partial charge < -0.3 is 20.8 Å². The number of aromatic hydroxyl groups is 2. The summed E-state index contributed by atoms with van der Waals surface area (Å²) in [6.45, 7) is 10.3. The van der Waals surface area contributed by atoms with Gasteiger partial charge in [-0.05, 0) is 79.9 Å². The van der Waals surface area contributed by atoms with E-state index in [0.29, 0.717) is 23.1 Å². The quantitative estimate of drug-likeness (QED) is 0.317. The van der Waals surface area contributed by atoms with Crippen LogP contribution in [-0.2, 0) is 11.3 Å². The van der Waals surface area contributed by atoms with Crippen molar-refractivity contribution in [1.82, 2.24) is 9.80 Å². The number of amidine groups is 1. The highest BCUT2D eigenvalue weighted by Crippen LogP contribution is 2.34. The fourth-order valence-electron chi connectivity index (χ4n) is 5.57. The van der Waals surface area contributed by atoms with Crippen molar-refractivity contribution in [2.45, 2.75) is 58.9 Å². The minimum atomic E-state index is -0.846. The van der Waals surface area contributed by atoms with E-state index in [2.05, 4.69) is 16.7 Å². The van der Waals surface area contributed by atoms with E-state index in [0.717, 1.165) is 68.9 Å². The van der Waals surface area contributed by atoms with Crippen LogP contribution in [0.5, 0.6) is 11.5 Å². The summed E-state index contributed by atoms with van der Waals surface area (Å²) in [5, 5.41) is 29.2. The third-order valence-corrected chi connectivity index (χ3v) is 8.10. The minimum absolute atomic E-state index is 0.0461. The number of nitrogens with one attached hydrogen (secondary N) is 1. The molecule has 0 atom stereocenters. The average Bonchev–Trinajstić information content (AvgIpc) is 2.90. The molecule has 9 nitrogen and oxygen atoms in total. The molecular weight excluding hydrogens is 494 g/mol. The Morgan fingerprint density at radius 3 is 2.18 bits per heavy atom. The number of phenolic OH excluding ortho intramolecular Hbond substituents is 2. The second-order valence-electron chi connectivity index (χ2n) is 11.3. The molecule has 9 heteroatoms. The van der Waals surface area contributed by atoms with Gasteiger partial charge in [-0.25, -0.2) is 9.69 Å². The summed E-state index contributed by atoms with van der Waals surface area (Å²) >= 11 is 0. The van der Waals surface area contributed by atoms with Crippen LogP contribution in [-0.4, -0.2) is 64.0 Å². The predicted octanol–water partition coefficient (Wildman–Crippen LogP) is 4.60. The molecule has 2 heterocycles. The molecule has 0 saturated carbocycles. The zero-order valence-corrected chi connectivity index (χ0v) is 23.2. The molecule has 2 aliphatic rings. The van der Waals surface area contributed by atoms with Crippen LogP contribution in [0.15, 0.2) is 36.4 Å². The number of amides is 3. The molecule has 0 aromatic heterocycles. The number of benzene rings is 2. The number of carbonyl (C=O) groups is 2. The first-order valence-corrected chi connectivity index (χ1v) is 13.9. The highest BCUT2D eigenvalue weighted by Gasteiger charge is 2.30. The smallest absolute Gasteiger partial charge is 0.325 e. The SMILES string of the molecule is CC1CCN(C(=O)C2CCN(Cc3ccc(N(C(=N)c4cc(C(C)C)c(O)cc4O)C(N)=O)cc3)CC2)CC1. The van der Waals surface area contributed by atoms with E-state index >= 15 is 0 Å². The Bertz CT molecular complexity index is 1200. The number of primary amides is 1. The van der Waals surface area contributed by atoms with Crippen LogP contribution in [0.4, 0.5) is 10.5 Å². The molecule has 2 saturated heterocycles. The molecule has 0 unspecified atom stereocenters. The van der Waals surface area contributed by atoms with Crippen LogP contribution in [0.1, 0.15) is 69.1 Å². The molecule has 2 aromatic rings. The normalized spacial score (nSPS) is 17.4. The van der Waals surface area contributed by atoms with Gasteiger partial charge in [-0.15, -0.1) is 0 Å². The molecule has 0 aliphatic carbocycles. The van der Waals surface area contributed by atoms with E-state index < -0.39 is 6.03 Å². The topological polar surface area (TPSA) is 134 Å². The number of nitrogens with two attached hydrogens (primary N) is 1. The van der Waals surface area contributed by atoms with Crippen LogP contribution < -0.4 is 10.6 Å². The van der Waals surface area contributed by atoms with Gasteiger partial charge in [0.05, 0.1) is 11.3 Å². The van der Waals surface area contributed by atoms with Gasteiger partial charge in [0.25, 0.3) is 0 Å². The lowest BCUT2D eigenvalue weighted by Crippen LogP contribution is -2.45. The fraction of sp³-hybridized carbons (Fsp3) is 0.500. The van der Waals surface area contributed by atoms with Gasteiger partial charge in [0.2, 0.25) is 5.91 Å². The summed E-state index contributed by atoms with van der Waals surface area (Å²) in [4.78, 5) is 30.8. The van der Waals surface area contributed by atoms with E-state index in [1.807, 2.05) is 26.0 Å². The zero-order valence-electron chi connectivity index (χ0n) is 23.2. The molecule has 2 aliphatic heterocycles. The molecule has 4 rings (SSSR count). The average molecular weight is 536 g/mol. The Balaban J connectivity index is 1.38. The highest BCUT2D eigenvalue weighted by atomic mass is 16.3. The highest BCUT2D eigenvalue weighted by molar-refractivity contribution is 6.22. The van der Waals surface area contributed by atoms with E-state index in [-0.39, 0.29) is 34.7 Å². The van der Waals surface area contributed by atoms with Gasteiger partial charge in [-0.3, -0.25) is 15.1 Å². The van der Waals surface area contributed by atoms with Gasteiger partial charge in [0, 0.05) is 31.6 Å². The first kappa shape index (κ1) is 28.4. The van der Waals surface area contributed by atoms with Crippen molar-refractivity contribution < 1.29 is 19.8 Å². The molecule has 210 valence electrons. The number of phenols is 2. The lowest BCUT2D eigenvalue weighted by Gasteiger charge is -2.36. The number of hydrogen-bond donors (Lipinski definition) is 4. The molecule has 3 amide bonds. The molecule has 39 heavy (non-hydrogen) atoms. The maximum absolute atomic E-state index is 12.9.